The zero-order valence-electron chi connectivity index (χ0n) is 23.4. The van der Waals surface area contributed by atoms with Crippen LogP contribution in [0.1, 0.15) is 65.1 Å². The lowest BCUT2D eigenvalue weighted by Crippen LogP contribution is -2.40. The number of carbonyl (C=O) groups is 2. The van der Waals surface area contributed by atoms with Gasteiger partial charge in [0, 0.05) is 11.8 Å². The average molecular weight is 587 g/mol. The van der Waals surface area contributed by atoms with Crippen molar-refractivity contribution < 1.29 is 28.2 Å². The minimum absolute atomic E-state index is 0.0855. The highest BCUT2D eigenvalue weighted by Crippen LogP contribution is 2.33. The van der Waals surface area contributed by atoms with E-state index in [2.05, 4.69) is 16.9 Å². The Labute approximate surface area is 245 Å². The van der Waals surface area contributed by atoms with Crippen molar-refractivity contribution in [2.75, 3.05) is 11.4 Å². The minimum Gasteiger partial charge on any atom is -0.507 e. The molecule has 3 N–H and O–H groups in total. The maximum absolute atomic E-state index is 13.6. The second-order valence-corrected chi connectivity index (χ2v) is 12.5. The van der Waals surface area contributed by atoms with E-state index in [-0.39, 0.29) is 22.7 Å². The molecular formula is C33H34N2O6S. The van der Waals surface area contributed by atoms with E-state index >= 15 is 0 Å². The van der Waals surface area contributed by atoms with E-state index in [4.69, 9.17) is 0 Å². The van der Waals surface area contributed by atoms with Crippen molar-refractivity contribution in [1.82, 2.24) is 4.72 Å². The molecule has 0 saturated heterocycles. The highest BCUT2D eigenvalue weighted by Gasteiger charge is 2.24. The van der Waals surface area contributed by atoms with Crippen molar-refractivity contribution in [3.63, 3.8) is 0 Å². The van der Waals surface area contributed by atoms with Gasteiger partial charge in [-0.1, -0.05) is 73.9 Å². The molecule has 1 aliphatic carbocycles. The molecule has 1 amide bonds. The van der Waals surface area contributed by atoms with E-state index in [0.29, 0.717) is 11.5 Å². The highest BCUT2D eigenvalue weighted by molar-refractivity contribution is 7.89. The van der Waals surface area contributed by atoms with Crippen LogP contribution in [0.4, 0.5) is 5.69 Å². The topological polar surface area (TPSA) is 124 Å². The van der Waals surface area contributed by atoms with Gasteiger partial charge in [-0.15, -0.1) is 0 Å². The number of nitrogens with one attached hydrogen (secondary N) is 1. The van der Waals surface area contributed by atoms with Crippen LogP contribution in [-0.4, -0.2) is 37.1 Å². The molecule has 8 nitrogen and oxygen atoms in total. The Bertz CT molecular complexity index is 1730. The van der Waals surface area contributed by atoms with Gasteiger partial charge in [0.2, 0.25) is 15.9 Å². The third-order valence-corrected chi connectivity index (χ3v) is 9.62. The van der Waals surface area contributed by atoms with Crippen molar-refractivity contribution in [1.29, 1.82) is 0 Å². The zero-order valence-corrected chi connectivity index (χ0v) is 24.2. The minimum atomic E-state index is -4.03. The summed E-state index contributed by atoms with van der Waals surface area (Å²) in [5, 5.41) is 21.4. The van der Waals surface area contributed by atoms with Crippen LogP contribution in [0.15, 0.2) is 83.8 Å². The number of fused-ring (bicyclic) bond motifs is 1. The number of sulfonamides is 1. The number of hydrogen-bond acceptors (Lipinski definition) is 5. The molecule has 0 unspecified atom stereocenters. The van der Waals surface area contributed by atoms with E-state index in [1.165, 1.54) is 54.0 Å². The lowest BCUT2D eigenvalue weighted by atomic mass is 9.84. The number of hydrogen-bond donors (Lipinski definition) is 3. The van der Waals surface area contributed by atoms with Gasteiger partial charge in [0.1, 0.15) is 11.3 Å². The van der Waals surface area contributed by atoms with Crippen LogP contribution in [0.3, 0.4) is 0 Å². The lowest BCUT2D eigenvalue weighted by molar-refractivity contribution is -0.117. The fourth-order valence-corrected chi connectivity index (χ4v) is 6.96. The summed E-state index contributed by atoms with van der Waals surface area (Å²) in [7, 11) is -4.03. The molecule has 1 aliphatic rings. The first-order chi connectivity index (χ1) is 20.1. The molecule has 1 fully saturated rings. The summed E-state index contributed by atoms with van der Waals surface area (Å²) in [5.41, 5.74) is 2.61. The van der Waals surface area contributed by atoms with Crippen LogP contribution >= 0.6 is 0 Å². The number of carboxylic acid groups (broad SMARTS) is 1. The number of rotatable bonds is 9. The largest absolute Gasteiger partial charge is 0.507 e. The summed E-state index contributed by atoms with van der Waals surface area (Å²) in [4.78, 5) is 26.4. The van der Waals surface area contributed by atoms with Gasteiger partial charge in [0.05, 0.1) is 18.0 Å². The Hall–Kier alpha value is -4.21. The van der Waals surface area contributed by atoms with E-state index < -0.39 is 34.2 Å². The summed E-state index contributed by atoms with van der Waals surface area (Å²) < 4.78 is 29.0. The number of carbonyl (C=O) groups excluding carboxylic acids is 1. The van der Waals surface area contributed by atoms with Crippen LogP contribution in [-0.2, 0) is 21.4 Å². The predicted octanol–water partition coefficient (Wildman–Crippen LogP) is 6.11. The molecule has 4 aromatic carbocycles. The van der Waals surface area contributed by atoms with Gasteiger partial charge in [-0.2, -0.15) is 0 Å². The number of benzene rings is 4. The maximum Gasteiger partial charge on any atom is 0.339 e. The maximum atomic E-state index is 13.6. The van der Waals surface area contributed by atoms with Crippen molar-refractivity contribution >= 4 is 38.4 Å². The molecule has 5 rings (SSSR count). The van der Waals surface area contributed by atoms with Gasteiger partial charge in [0.15, 0.2) is 0 Å². The quantitative estimate of drug-likeness (QED) is 0.217. The molecule has 0 atom stereocenters. The molecule has 0 bridgehead atoms. The number of phenols is 1. The number of nitrogens with zero attached hydrogens (tertiary/aromatic N) is 1. The number of aromatic hydroxyl groups is 1. The second kappa shape index (κ2) is 12.3. The summed E-state index contributed by atoms with van der Waals surface area (Å²) >= 11 is 0. The normalized spacial score (nSPS) is 14.1. The lowest BCUT2D eigenvalue weighted by Gasteiger charge is -2.25. The number of carboxylic acids is 1. The van der Waals surface area contributed by atoms with Crippen molar-refractivity contribution in [3.05, 3.63) is 101 Å². The molecule has 0 spiro atoms. The van der Waals surface area contributed by atoms with Gasteiger partial charge < -0.3 is 15.1 Å². The first-order valence-corrected chi connectivity index (χ1v) is 15.6. The van der Waals surface area contributed by atoms with Gasteiger partial charge in [-0.25, -0.2) is 17.9 Å². The number of anilines is 1. The van der Waals surface area contributed by atoms with Gasteiger partial charge in [-0.3, -0.25) is 4.79 Å². The molecule has 1 saturated carbocycles. The zero-order chi connectivity index (χ0) is 29.9. The predicted molar refractivity (Wildman–Crippen MR) is 162 cm³/mol. The Kier molecular flexibility index (Phi) is 8.61. The summed E-state index contributed by atoms with van der Waals surface area (Å²) in [5.74, 6) is -1.82. The smallest absolute Gasteiger partial charge is 0.339 e. The molecule has 0 radical (unpaired) electrons. The Balaban J connectivity index is 1.39. The third kappa shape index (κ3) is 6.32. The Morgan fingerprint density at radius 1 is 0.929 bits per heavy atom. The van der Waals surface area contributed by atoms with Crippen LogP contribution < -0.4 is 9.62 Å². The first kappa shape index (κ1) is 29.3. The number of amides is 1. The van der Waals surface area contributed by atoms with Crippen LogP contribution in [0.5, 0.6) is 5.75 Å². The molecule has 4 aromatic rings. The van der Waals surface area contributed by atoms with Crippen LogP contribution in [0, 0.1) is 6.92 Å². The van der Waals surface area contributed by atoms with E-state index in [0.717, 1.165) is 29.2 Å². The molecule has 9 heteroatoms. The fraction of sp³-hybridized carbons (Fsp3) is 0.273. The molecule has 0 aromatic heterocycles. The van der Waals surface area contributed by atoms with Gasteiger partial charge in [-0.05, 0) is 71.3 Å². The first-order valence-electron chi connectivity index (χ1n) is 14.1. The summed E-state index contributed by atoms with van der Waals surface area (Å²) in [6.07, 6.45) is 6.04. The molecular weight excluding hydrogens is 552 g/mol. The van der Waals surface area contributed by atoms with Crippen molar-refractivity contribution in [2.24, 2.45) is 0 Å². The monoisotopic (exact) mass is 586 g/mol. The fourth-order valence-electron chi connectivity index (χ4n) is 5.73. The van der Waals surface area contributed by atoms with Gasteiger partial charge >= 0.3 is 5.97 Å². The van der Waals surface area contributed by atoms with Gasteiger partial charge in [0.25, 0.3) is 0 Å². The van der Waals surface area contributed by atoms with E-state index in [1.54, 1.807) is 13.0 Å². The number of aromatic carboxylic acids is 1. The standard InChI is InChI=1S/C33H34N2O6S/c1-22-28-10-6-5-9-26(28)15-18-31(22)42(40,41)34-20-32(37)35(27-16-17-29(33(38)39)30(36)19-27)21-23-11-13-25(14-12-23)24-7-3-2-4-8-24/h5-6,9-19,24,34,36H,2-4,7-8,20-21H2,1H3,(H,38,39). The molecule has 0 heterocycles. The molecule has 0 aliphatic heterocycles. The SMILES string of the molecule is Cc1c(S(=O)(=O)NCC(=O)N(Cc2ccc(C3CCCCC3)cc2)c2ccc(C(=O)O)c(O)c2)ccc2ccccc12. The molecule has 218 valence electrons. The Morgan fingerprint density at radius 3 is 2.33 bits per heavy atom. The van der Waals surface area contributed by atoms with Crippen LogP contribution in [0.2, 0.25) is 0 Å². The van der Waals surface area contributed by atoms with Crippen molar-refractivity contribution in [2.45, 2.75) is 56.4 Å². The van der Waals surface area contributed by atoms with Crippen molar-refractivity contribution in [3.8, 4) is 5.75 Å². The summed E-state index contributed by atoms with van der Waals surface area (Å²) in [6, 6.07) is 22.7. The molecule has 42 heavy (non-hydrogen) atoms. The Morgan fingerprint density at radius 2 is 1.64 bits per heavy atom. The van der Waals surface area contributed by atoms with E-state index in [9.17, 15) is 28.2 Å². The second-order valence-electron chi connectivity index (χ2n) is 10.8. The average Bonchev–Trinajstić information content (AvgIpc) is 2.99. The summed E-state index contributed by atoms with van der Waals surface area (Å²) in [6.45, 7) is 1.30. The third-order valence-electron chi connectivity index (χ3n) is 8.07. The van der Waals surface area contributed by atoms with Crippen LogP contribution in [0.25, 0.3) is 10.8 Å². The number of aryl methyl sites for hydroxylation is 1. The highest BCUT2D eigenvalue weighted by atomic mass is 32.2. The van der Waals surface area contributed by atoms with E-state index in [1.807, 2.05) is 36.4 Å².